The molecule has 4 heteroatoms. The van der Waals surface area contributed by atoms with Crippen molar-refractivity contribution in [1.82, 2.24) is 9.97 Å². The van der Waals surface area contributed by atoms with E-state index in [1.54, 1.807) is 12.4 Å². The average molecular weight is 208 g/mol. The third-order valence-corrected chi connectivity index (χ3v) is 2.77. The van der Waals surface area contributed by atoms with Crippen molar-refractivity contribution in [2.45, 2.75) is 44.6 Å². The minimum atomic E-state index is -0.327. The molecule has 1 N–H and O–H groups in total. The summed E-state index contributed by atoms with van der Waals surface area (Å²) < 4.78 is 5.38. The van der Waals surface area contributed by atoms with E-state index in [2.05, 4.69) is 9.97 Å². The molecule has 1 fully saturated rings. The van der Waals surface area contributed by atoms with Crippen molar-refractivity contribution in [2.24, 2.45) is 0 Å². The minimum absolute atomic E-state index is 0.0881. The van der Waals surface area contributed by atoms with E-state index in [0.717, 1.165) is 25.7 Å². The summed E-state index contributed by atoms with van der Waals surface area (Å²) in [4.78, 5) is 18.2. The molecule has 0 amide bonds. The Hall–Kier alpha value is -1.32. The highest BCUT2D eigenvalue weighted by atomic mass is 16.5. The van der Waals surface area contributed by atoms with Crippen LogP contribution >= 0.6 is 0 Å². The van der Waals surface area contributed by atoms with E-state index in [9.17, 15) is 4.79 Å². The standard InChI is InChI=1S/C11H16N2O2/c14-11(10-12-7-8-13-10)15-9-5-3-1-2-4-6-9/h7-9H,1-6H2,(H,12,13). The first-order chi connectivity index (χ1) is 7.36. The smallest absolute Gasteiger partial charge is 0.374 e. The van der Waals surface area contributed by atoms with Crippen molar-refractivity contribution < 1.29 is 9.53 Å². The van der Waals surface area contributed by atoms with Crippen molar-refractivity contribution in [1.29, 1.82) is 0 Å². The van der Waals surface area contributed by atoms with Gasteiger partial charge in [-0.05, 0) is 25.7 Å². The molecule has 82 valence electrons. The van der Waals surface area contributed by atoms with Crippen LogP contribution in [0.2, 0.25) is 0 Å². The summed E-state index contributed by atoms with van der Waals surface area (Å²) in [5.74, 6) is -0.0221. The van der Waals surface area contributed by atoms with Crippen LogP contribution in [0.25, 0.3) is 0 Å². The van der Waals surface area contributed by atoms with Gasteiger partial charge in [-0.2, -0.15) is 0 Å². The molecule has 0 saturated heterocycles. The summed E-state index contributed by atoms with van der Waals surface area (Å²) in [5.41, 5.74) is 0. The Labute approximate surface area is 89.0 Å². The number of nitrogens with one attached hydrogen (secondary N) is 1. The molecule has 0 atom stereocenters. The molecule has 0 aromatic carbocycles. The molecule has 1 aromatic heterocycles. The molecule has 0 spiro atoms. The lowest BCUT2D eigenvalue weighted by Gasteiger charge is -2.13. The zero-order valence-electron chi connectivity index (χ0n) is 8.74. The molecule has 1 aliphatic rings. The van der Waals surface area contributed by atoms with Crippen LogP contribution in [0.5, 0.6) is 0 Å². The Morgan fingerprint density at radius 1 is 1.33 bits per heavy atom. The number of rotatable bonds is 2. The number of aromatic nitrogens is 2. The maximum Gasteiger partial charge on any atom is 0.374 e. The summed E-state index contributed by atoms with van der Waals surface area (Å²) in [6, 6.07) is 0. The summed E-state index contributed by atoms with van der Waals surface area (Å²) in [6.07, 6.45) is 10.1. The number of H-pyrrole nitrogens is 1. The van der Waals surface area contributed by atoms with Gasteiger partial charge in [0.2, 0.25) is 5.82 Å². The highest BCUT2D eigenvalue weighted by molar-refractivity contribution is 5.85. The van der Waals surface area contributed by atoms with E-state index in [1.165, 1.54) is 12.8 Å². The van der Waals surface area contributed by atoms with Gasteiger partial charge in [-0.3, -0.25) is 0 Å². The number of hydrogen-bond donors (Lipinski definition) is 1. The Morgan fingerprint density at radius 2 is 2.07 bits per heavy atom. The maximum absolute atomic E-state index is 11.6. The van der Waals surface area contributed by atoms with E-state index in [1.807, 2.05) is 0 Å². The van der Waals surface area contributed by atoms with E-state index in [4.69, 9.17) is 4.74 Å². The second kappa shape index (κ2) is 4.96. The van der Waals surface area contributed by atoms with Crippen LogP contribution < -0.4 is 0 Å². The van der Waals surface area contributed by atoms with Crippen LogP contribution in [0, 0.1) is 0 Å². The second-order valence-electron chi connectivity index (χ2n) is 3.96. The lowest BCUT2D eigenvalue weighted by molar-refractivity contribution is 0.0254. The molecule has 0 radical (unpaired) electrons. The molecule has 1 heterocycles. The summed E-state index contributed by atoms with van der Waals surface area (Å²) >= 11 is 0. The summed E-state index contributed by atoms with van der Waals surface area (Å²) in [5, 5.41) is 0. The number of carbonyl (C=O) groups is 1. The number of nitrogens with zero attached hydrogens (tertiary/aromatic N) is 1. The van der Waals surface area contributed by atoms with Crippen molar-refractivity contribution in [3.63, 3.8) is 0 Å². The Bertz CT molecular complexity index is 300. The Morgan fingerprint density at radius 3 is 2.67 bits per heavy atom. The fourth-order valence-electron chi connectivity index (χ4n) is 1.94. The molecule has 2 rings (SSSR count). The molecule has 1 aliphatic carbocycles. The fraction of sp³-hybridized carbons (Fsp3) is 0.636. The summed E-state index contributed by atoms with van der Waals surface area (Å²) in [6.45, 7) is 0. The topological polar surface area (TPSA) is 55.0 Å². The van der Waals surface area contributed by atoms with Gasteiger partial charge in [-0.15, -0.1) is 0 Å². The van der Waals surface area contributed by atoms with E-state index < -0.39 is 0 Å². The number of hydrogen-bond acceptors (Lipinski definition) is 3. The van der Waals surface area contributed by atoms with Gasteiger partial charge in [0.05, 0.1) is 0 Å². The van der Waals surface area contributed by atoms with Gasteiger partial charge in [-0.25, -0.2) is 9.78 Å². The van der Waals surface area contributed by atoms with Crippen molar-refractivity contribution in [2.75, 3.05) is 0 Å². The van der Waals surface area contributed by atoms with Gasteiger partial charge in [0.1, 0.15) is 6.10 Å². The lowest BCUT2D eigenvalue weighted by Crippen LogP contribution is -2.18. The highest BCUT2D eigenvalue weighted by Gasteiger charge is 2.18. The van der Waals surface area contributed by atoms with Crippen LogP contribution in [0.1, 0.15) is 49.1 Å². The highest BCUT2D eigenvalue weighted by Crippen LogP contribution is 2.20. The van der Waals surface area contributed by atoms with Crippen LogP contribution in [0.4, 0.5) is 0 Å². The lowest BCUT2D eigenvalue weighted by atomic mass is 10.1. The van der Waals surface area contributed by atoms with E-state index in [0.29, 0.717) is 5.82 Å². The first-order valence-corrected chi connectivity index (χ1v) is 5.56. The number of aromatic amines is 1. The van der Waals surface area contributed by atoms with Gasteiger partial charge in [-0.1, -0.05) is 12.8 Å². The third-order valence-electron chi connectivity index (χ3n) is 2.77. The van der Waals surface area contributed by atoms with Gasteiger partial charge < -0.3 is 9.72 Å². The Balaban J connectivity index is 1.87. The largest absolute Gasteiger partial charge is 0.457 e. The molecule has 0 bridgehead atoms. The first-order valence-electron chi connectivity index (χ1n) is 5.56. The zero-order valence-corrected chi connectivity index (χ0v) is 8.74. The zero-order chi connectivity index (χ0) is 10.5. The predicted octanol–water partition coefficient (Wildman–Crippen LogP) is 2.29. The number of carbonyl (C=O) groups excluding carboxylic acids is 1. The van der Waals surface area contributed by atoms with Crippen LogP contribution in [0.3, 0.4) is 0 Å². The summed E-state index contributed by atoms with van der Waals surface area (Å²) in [7, 11) is 0. The van der Waals surface area contributed by atoms with Crippen molar-refractivity contribution >= 4 is 5.97 Å². The molecular formula is C11H16N2O2. The molecule has 1 aromatic rings. The van der Waals surface area contributed by atoms with Crippen molar-refractivity contribution in [3.05, 3.63) is 18.2 Å². The molecular weight excluding hydrogens is 192 g/mol. The Kier molecular flexibility index (Phi) is 3.37. The van der Waals surface area contributed by atoms with Crippen LogP contribution in [-0.2, 0) is 4.74 Å². The third kappa shape index (κ3) is 2.81. The normalized spacial score (nSPS) is 18.4. The van der Waals surface area contributed by atoms with E-state index >= 15 is 0 Å². The molecule has 4 nitrogen and oxygen atoms in total. The van der Waals surface area contributed by atoms with Gasteiger partial charge in [0.25, 0.3) is 0 Å². The average Bonchev–Trinajstić information content (AvgIpc) is 2.65. The van der Waals surface area contributed by atoms with Gasteiger partial charge >= 0.3 is 5.97 Å². The van der Waals surface area contributed by atoms with Crippen molar-refractivity contribution in [3.8, 4) is 0 Å². The molecule has 0 aliphatic heterocycles. The van der Waals surface area contributed by atoms with Crippen LogP contribution in [-0.4, -0.2) is 22.0 Å². The molecule has 0 unspecified atom stereocenters. The van der Waals surface area contributed by atoms with E-state index in [-0.39, 0.29) is 12.1 Å². The van der Waals surface area contributed by atoms with Gasteiger partial charge in [0.15, 0.2) is 0 Å². The second-order valence-corrected chi connectivity index (χ2v) is 3.96. The maximum atomic E-state index is 11.6. The number of imidazole rings is 1. The fourth-order valence-corrected chi connectivity index (χ4v) is 1.94. The molecule has 15 heavy (non-hydrogen) atoms. The number of ether oxygens (including phenoxy) is 1. The SMILES string of the molecule is O=C(OC1CCCCCC1)c1ncc[nH]1. The first kappa shape index (κ1) is 10.2. The van der Waals surface area contributed by atoms with Gasteiger partial charge in [0, 0.05) is 12.4 Å². The predicted molar refractivity (Wildman–Crippen MR) is 55.5 cm³/mol. The monoisotopic (exact) mass is 208 g/mol. The van der Waals surface area contributed by atoms with Crippen LogP contribution in [0.15, 0.2) is 12.4 Å². The quantitative estimate of drug-likeness (QED) is 0.599. The molecule has 1 saturated carbocycles. The minimum Gasteiger partial charge on any atom is -0.457 e. The number of esters is 1.